The van der Waals surface area contributed by atoms with Crippen LogP contribution in [0, 0.1) is 12.8 Å². The van der Waals surface area contributed by atoms with Crippen LogP contribution < -0.4 is 26.0 Å². The first-order chi connectivity index (χ1) is 17.8. The second-order valence-electron chi connectivity index (χ2n) is 9.66. The van der Waals surface area contributed by atoms with Crippen molar-refractivity contribution in [1.82, 2.24) is 14.9 Å². The first-order valence-electron chi connectivity index (χ1n) is 12.6. The topological polar surface area (TPSA) is 129 Å². The summed E-state index contributed by atoms with van der Waals surface area (Å²) in [4.78, 5) is 41.6. The second-order valence-corrected chi connectivity index (χ2v) is 9.66. The molecule has 0 aliphatic heterocycles. The Labute approximate surface area is 215 Å². The minimum Gasteiger partial charge on any atom is -0.496 e. The quantitative estimate of drug-likeness (QED) is 0.321. The van der Waals surface area contributed by atoms with Gasteiger partial charge in [-0.2, -0.15) is 0 Å². The van der Waals surface area contributed by atoms with Crippen molar-refractivity contribution in [2.75, 3.05) is 37.5 Å². The van der Waals surface area contributed by atoms with Gasteiger partial charge in [-0.3, -0.25) is 9.36 Å². The minimum atomic E-state index is -1.03. The van der Waals surface area contributed by atoms with Gasteiger partial charge in [0.25, 0.3) is 0 Å². The fourth-order valence-electron chi connectivity index (χ4n) is 5.18. The van der Waals surface area contributed by atoms with Gasteiger partial charge >= 0.3 is 11.8 Å². The van der Waals surface area contributed by atoms with Crippen LogP contribution in [-0.4, -0.2) is 53.9 Å². The maximum absolute atomic E-state index is 13.0. The van der Waals surface area contributed by atoms with Gasteiger partial charge in [0.1, 0.15) is 5.75 Å². The highest BCUT2D eigenvalue weighted by molar-refractivity contribution is 5.93. The molecule has 10 heteroatoms. The molecule has 1 aliphatic rings. The Morgan fingerprint density at radius 2 is 1.95 bits per heavy atom. The number of para-hydroxylation sites is 1. The molecule has 1 fully saturated rings. The predicted molar refractivity (Wildman–Crippen MR) is 144 cm³/mol. The highest BCUT2D eigenvalue weighted by atomic mass is 16.5. The third kappa shape index (κ3) is 5.90. The fraction of sp³-hybridized carbons (Fsp3) is 0.444. The number of hydrogen-bond donors (Lipinski definition) is 4. The SMILES string of the molecule is COc1cc(NC(=O)C2CCC(n3c(=O)[nH]c4c(N(C)CCCNC(=O)O)cccc43)CC2)ccc1C. The molecule has 2 aromatic carbocycles. The van der Waals surface area contributed by atoms with E-state index in [0.717, 1.165) is 46.6 Å². The standard InChI is InChI=1S/C27H35N5O5/c1-17-8-11-19(16-23(17)37-3)29-25(33)18-9-12-20(13-10-18)32-22-7-4-6-21(24(22)30-26(32)34)31(2)15-5-14-28-27(35)36/h4,6-8,11,16,18,20,28H,5,9-10,12-15H2,1-3H3,(H,29,33)(H,30,34)(H,35,36). The molecule has 3 aromatic rings. The smallest absolute Gasteiger partial charge is 0.404 e. The van der Waals surface area contributed by atoms with Crippen LogP contribution in [0.5, 0.6) is 5.75 Å². The lowest BCUT2D eigenvalue weighted by atomic mass is 9.85. The van der Waals surface area contributed by atoms with Gasteiger partial charge in [0, 0.05) is 43.9 Å². The van der Waals surface area contributed by atoms with E-state index in [9.17, 15) is 14.4 Å². The van der Waals surface area contributed by atoms with Crippen molar-refractivity contribution in [3.63, 3.8) is 0 Å². The molecule has 4 N–H and O–H groups in total. The maximum Gasteiger partial charge on any atom is 0.404 e. The lowest BCUT2D eigenvalue weighted by Crippen LogP contribution is -2.31. The molecule has 2 amide bonds. The second kappa shape index (κ2) is 11.4. The number of benzene rings is 2. The zero-order valence-corrected chi connectivity index (χ0v) is 21.5. The number of aromatic amines is 1. The Morgan fingerprint density at radius 3 is 2.65 bits per heavy atom. The van der Waals surface area contributed by atoms with Crippen LogP contribution in [-0.2, 0) is 4.79 Å². The van der Waals surface area contributed by atoms with Crippen molar-refractivity contribution in [2.24, 2.45) is 5.92 Å². The molecule has 10 nitrogen and oxygen atoms in total. The molecule has 0 atom stereocenters. The average Bonchev–Trinajstić information content (AvgIpc) is 3.23. The van der Waals surface area contributed by atoms with Gasteiger partial charge in [0.05, 0.1) is 23.8 Å². The van der Waals surface area contributed by atoms with Gasteiger partial charge in [0.15, 0.2) is 0 Å². The van der Waals surface area contributed by atoms with Gasteiger partial charge in [-0.15, -0.1) is 0 Å². The number of aryl methyl sites for hydroxylation is 1. The van der Waals surface area contributed by atoms with Crippen molar-refractivity contribution >= 4 is 34.4 Å². The summed E-state index contributed by atoms with van der Waals surface area (Å²) in [5.74, 6) is 0.629. The van der Waals surface area contributed by atoms with Gasteiger partial charge in [-0.25, -0.2) is 9.59 Å². The summed E-state index contributed by atoms with van der Waals surface area (Å²) in [5, 5.41) is 14.1. The minimum absolute atomic E-state index is 0.00284. The van der Waals surface area contributed by atoms with E-state index >= 15 is 0 Å². The molecule has 0 unspecified atom stereocenters. The van der Waals surface area contributed by atoms with Crippen LogP contribution in [0.1, 0.15) is 43.7 Å². The Bertz CT molecular complexity index is 1320. The van der Waals surface area contributed by atoms with Crippen LogP contribution in [0.2, 0.25) is 0 Å². The number of nitrogens with zero attached hydrogens (tertiary/aromatic N) is 2. The van der Waals surface area contributed by atoms with E-state index in [0.29, 0.717) is 32.4 Å². The molecule has 0 bridgehead atoms. The Hall–Kier alpha value is -3.95. The van der Waals surface area contributed by atoms with Crippen molar-refractivity contribution in [2.45, 2.75) is 45.1 Å². The summed E-state index contributed by atoms with van der Waals surface area (Å²) in [6.45, 7) is 2.96. The maximum atomic E-state index is 13.0. The van der Waals surface area contributed by atoms with Gasteiger partial charge in [-0.05, 0) is 62.8 Å². The number of methoxy groups -OCH3 is 1. The van der Waals surface area contributed by atoms with Crippen LogP contribution >= 0.6 is 0 Å². The Balaban J connectivity index is 1.42. The number of carboxylic acid groups (broad SMARTS) is 1. The van der Waals surface area contributed by atoms with Crippen molar-refractivity contribution < 1.29 is 19.4 Å². The van der Waals surface area contributed by atoms with E-state index in [2.05, 4.69) is 15.6 Å². The van der Waals surface area contributed by atoms with E-state index in [1.165, 1.54) is 0 Å². The summed E-state index contributed by atoms with van der Waals surface area (Å²) in [5.41, 5.74) is 4.09. The number of imidazole rings is 1. The zero-order chi connectivity index (χ0) is 26.5. The number of hydrogen-bond acceptors (Lipinski definition) is 5. The molecular formula is C27H35N5O5. The molecule has 0 spiro atoms. The van der Waals surface area contributed by atoms with E-state index in [-0.39, 0.29) is 23.6 Å². The van der Waals surface area contributed by atoms with Crippen molar-refractivity contribution in [3.05, 3.63) is 52.4 Å². The summed E-state index contributed by atoms with van der Waals surface area (Å²) >= 11 is 0. The molecule has 1 saturated carbocycles. The number of ether oxygens (including phenoxy) is 1. The van der Waals surface area contributed by atoms with Gasteiger partial charge < -0.3 is 30.4 Å². The van der Waals surface area contributed by atoms with Gasteiger partial charge in [-0.1, -0.05) is 12.1 Å². The Kier molecular flexibility index (Phi) is 8.05. The lowest BCUT2D eigenvalue weighted by Gasteiger charge is -2.28. The molecule has 0 radical (unpaired) electrons. The third-order valence-corrected chi connectivity index (χ3v) is 7.20. The van der Waals surface area contributed by atoms with Crippen molar-refractivity contribution in [1.29, 1.82) is 0 Å². The summed E-state index contributed by atoms with van der Waals surface area (Å²) in [6, 6.07) is 11.5. The van der Waals surface area contributed by atoms with Gasteiger partial charge in [0.2, 0.25) is 5.91 Å². The molecule has 0 saturated heterocycles. The van der Waals surface area contributed by atoms with Crippen LogP contribution in [0.25, 0.3) is 11.0 Å². The number of H-pyrrole nitrogens is 1. The molecule has 4 rings (SSSR count). The number of carbonyl (C=O) groups is 2. The van der Waals surface area contributed by atoms with E-state index in [4.69, 9.17) is 9.84 Å². The molecule has 198 valence electrons. The highest BCUT2D eigenvalue weighted by Crippen LogP contribution is 2.35. The molecule has 1 aliphatic carbocycles. The molecule has 1 heterocycles. The lowest BCUT2D eigenvalue weighted by molar-refractivity contribution is -0.121. The average molecular weight is 510 g/mol. The first kappa shape index (κ1) is 26.1. The highest BCUT2D eigenvalue weighted by Gasteiger charge is 2.29. The number of nitrogens with one attached hydrogen (secondary N) is 3. The monoisotopic (exact) mass is 509 g/mol. The molecular weight excluding hydrogens is 474 g/mol. The molecule has 1 aromatic heterocycles. The number of carbonyl (C=O) groups excluding carboxylic acids is 1. The fourth-order valence-corrected chi connectivity index (χ4v) is 5.18. The first-order valence-corrected chi connectivity index (χ1v) is 12.6. The van der Waals surface area contributed by atoms with Crippen LogP contribution in [0.15, 0.2) is 41.2 Å². The number of fused-ring (bicyclic) bond motifs is 1. The number of anilines is 2. The van der Waals surface area contributed by atoms with Crippen LogP contribution in [0.3, 0.4) is 0 Å². The summed E-state index contributed by atoms with van der Waals surface area (Å²) in [6.07, 6.45) is 2.50. The predicted octanol–water partition coefficient (Wildman–Crippen LogP) is 4.11. The van der Waals surface area contributed by atoms with E-state index < -0.39 is 6.09 Å². The number of aromatic nitrogens is 2. The zero-order valence-electron chi connectivity index (χ0n) is 21.5. The molecule has 37 heavy (non-hydrogen) atoms. The summed E-state index contributed by atoms with van der Waals surface area (Å²) < 4.78 is 7.19. The number of amides is 2. The van der Waals surface area contributed by atoms with E-state index in [1.54, 1.807) is 7.11 Å². The van der Waals surface area contributed by atoms with Crippen molar-refractivity contribution in [3.8, 4) is 5.75 Å². The van der Waals surface area contributed by atoms with E-state index in [1.807, 2.05) is 59.8 Å². The number of rotatable bonds is 9. The van der Waals surface area contributed by atoms with Crippen LogP contribution in [0.4, 0.5) is 16.2 Å². The third-order valence-electron chi connectivity index (χ3n) is 7.20. The summed E-state index contributed by atoms with van der Waals surface area (Å²) in [7, 11) is 3.54. The Morgan fingerprint density at radius 1 is 1.19 bits per heavy atom. The normalized spacial score (nSPS) is 17.4. The largest absolute Gasteiger partial charge is 0.496 e.